The number of alkyl halides is 1. The molecule has 18 heavy (non-hydrogen) atoms. The summed E-state index contributed by atoms with van der Waals surface area (Å²) in [6, 6.07) is 6.21. The molecule has 0 bridgehead atoms. The Labute approximate surface area is 115 Å². The van der Waals surface area contributed by atoms with Crippen molar-refractivity contribution in [2.75, 3.05) is 0 Å². The zero-order valence-electron chi connectivity index (χ0n) is 10.5. The third-order valence-electron chi connectivity index (χ3n) is 2.51. The van der Waals surface area contributed by atoms with E-state index in [0.29, 0.717) is 12.6 Å². The molecule has 5 heteroatoms. The van der Waals surface area contributed by atoms with Gasteiger partial charge < -0.3 is 4.74 Å². The first-order valence-electron chi connectivity index (χ1n) is 5.87. The summed E-state index contributed by atoms with van der Waals surface area (Å²) in [6.07, 6.45) is 3.70. The molecule has 0 fully saturated rings. The molecule has 0 aliphatic heterocycles. The van der Waals surface area contributed by atoms with Crippen LogP contribution in [0.5, 0.6) is 5.75 Å². The molecule has 0 saturated carbocycles. The Morgan fingerprint density at radius 1 is 1.28 bits per heavy atom. The van der Waals surface area contributed by atoms with Crippen LogP contribution in [0, 0.1) is 0 Å². The Balaban J connectivity index is 1.93. The molecule has 0 atom stereocenters. The molecular formula is C13H16BrN3O. The van der Waals surface area contributed by atoms with E-state index in [4.69, 9.17) is 4.74 Å². The number of rotatable bonds is 5. The summed E-state index contributed by atoms with van der Waals surface area (Å²) < 4.78 is 7.55. The number of pyridine rings is 1. The molecule has 0 saturated heterocycles. The first kappa shape index (κ1) is 13.1. The molecule has 0 spiro atoms. The molecule has 0 aliphatic rings. The fourth-order valence-corrected chi connectivity index (χ4v) is 1.81. The summed E-state index contributed by atoms with van der Waals surface area (Å²) in [7, 11) is 0. The molecule has 0 radical (unpaired) electrons. The van der Waals surface area contributed by atoms with Crippen molar-refractivity contribution in [1.29, 1.82) is 0 Å². The molecule has 0 aromatic carbocycles. The predicted molar refractivity (Wildman–Crippen MR) is 73.8 cm³/mol. The molecule has 2 aromatic rings. The Morgan fingerprint density at radius 3 is 2.67 bits per heavy atom. The first-order valence-corrected chi connectivity index (χ1v) is 6.99. The van der Waals surface area contributed by atoms with Crippen LogP contribution in [0.4, 0.5) is 0 Å². The second-order valence-electron chi connectivity index (χ2n) is 4.29. The van der Waals surface area contributed by atoms with E-state index < -0.39 is 0 Å². The topological polar surface area (TPSA) is 39.9 Å². The maximum Gasteiger partial charge on any atom is 0.138 e. The summed E-state index contributed by atoms with van der Waals surface area (Å²) in [5.41, 5.74) is 1.92. The molecule has 2 rings (SSSR count). The van der Waals surface area contributed by atoms with Gasteiger partial charge in [-0.2, -0.15) is 5.10 Å². The van der Waals surface area contributed by atoms with E-state index in [1.807, 2.05) is 29.1 Å². The zero-order valence-corrected chi connectivity index (χ0v) is 12.1. The highest BCUT2D eigenvalue weighted by molar-refractivity contribution is 9.08. The summed E-state index contributed by atoms with van der Waals surface area (Å²) >= 11 is 3.36. The summed E-state index contributed by atoms with van der Waals surface area (Å²) in [5, 5.41) is 5.18. The van der Waals surface area contributed by atoms with E-state index in [-0.39, 0.29) is 0 Å². The van der Waals surface area contributed by atoms with Crippen molar-refractivity contribution in [3.05, 3.63) is 42.0 Å². The molecule has 0 aliphatic carbocycles. The lowest BCUT2D eigenvalue weighted by atomic mass is 10.4. The minimum atomic E-state index is 0.374. The Kier molecular flexibility index (Phi) is 4.36. The van der Waals surface area contributed by atoms with Gasteiger partial charge in [-0.15, -0.1) is 0 Å². The smallest absolute Gasteiger partial charge is 0.138 e. The number of nitrogens with zero attached hydrogens (tertiary/aromatic N) is 3. The minimum absolute atomic E-state index is 0.374. The van der Waals surface area contributed by atoms with Crippen LogP contribution in [0.1, 0.15) is 31.3 Å². The lowest BCUT2D eigenvalue weighted by molar-refractivity contribution is 0.297. The second kappa shape index (κ2) is 6.00. The number of hydrogen-bond acceptors (Lipinski definition) is 3. The van der Waals surface area contributed by atoms with E-state index in [1.54, 1.807) is 6.20 Å². The van der Waals surface area contributed by atoms with Crippen molar-refractivity contribution in [1.82, 2.24) is 14.8 Å². The van der Waals surface area contributed by atoms with Crippen molar-refractivity contribution in [2.24, 2.45) is 0 Å². The van der Waals surface area contributed by atoms with E-state index in [9.17, 15) is 0 Å². The highest BCUT2D eigenvalue weighted by Crippen LogP contribution is 2.13. The average Bonchev–Trinajstić information content (AvgIpc) is 2.86. The van der Waals surface area contributed by atoms with E-state index in [2.05, 4.69) is 39.9 Å². The predicted octanol–water partition coefficient (Wildman–Crippen LogP) is 3.33. The van der Waals surface area contributed by atoms with Crippen molar-refractivity contribution >= 4 is 15.9 Å². The van der Waals surface area contributed by atoms with Gasteiger partial charge in [-0.05, 0) is 32.0 Å². The third-order valence-corrected chi connectivity index (χ3v) is 3.09. The van der Waals surface area contributed by atoms with Gasteiger partial charge in [0.05, 0.1) is 17.6 Å². The van der Waals surface area contributed by atoms with Crippen LogP contribution in [0.15, 0.2) is 30.6 Å². The first-order chi connectivity index (χ1) is 8.69. The molecule has 0 unspecified atom stereocenters. The van der Waals surface area contributed by atoms with Gasteiger partial charge in [0.1, 0.15) is 12.4 Å². The number of ether oxygens (including phenoxy) is 1. The highest BCUT2D eigenvalue weighted by atomic mass is 79.9. The van der Waals surface area contributed by atoms with Crippen molar-refractivity contribution in [3.8, 4) is 5.75 Å². The van der Waals surface area contributed by atoms with Gasteiger partial charge in [-0.25, -0.2) is 0 Å². The zero-order chi connectivity index (χ0) is 13.0. The van der Waals surface area contributed by atoms with E-state index in [1.165, 1.54) is 0 Å². The Hall–Kier alpha value is -1.36. The third kappa shape index (κ3) is 3.32. The van der Waals surface area contributed by atoms with Gasteiger partial charge in [0.15, 0.2) is 0 Å². The molecule has 2 heterocycles. The number of aromatic nitrogens is 3. The normalized spacial score (nSPS) is 10.9. The Morgan fingerprint density at radius 2 is 2.11 bits per heavy atom. The van der Waals surface area contributed by atoms with Gasteiger partial charge in [0.25, 0.3) is 0 Å². The van der Waals surface area contributed by atoms with E-state index >= 15 is 0 Å². The molecule has 0 amide bonds. The lowest BCUT2D eigenvalue weighted by Crippen LogP contribution is -2.03. The molecule has 96 valence electrons. The monoisotopic (exact) mass is 309 g/mol. The van der Waals surface area contributed by atoms with Crippen molar-refractivity contribution < 1.29 is 4.74 Å². The molecular weight excluding hydrogens is 294 g/mol. The van der Waals surface area contributed by atoms with Gasteiger partial charge in [0.2, 0.25) is 0 Å². The van der Waals surface area contributed by atoms with E-state index in [0.717, 1.165) is 22.5 Å². The van der Waals surface area contributed by atoms with Crippen LogP contribution in [-0.4, -0.2) is 14.8 Å². The van der Waals surface area contributed by atoms with Crippen LogP contribution >= 0.6 is 15.9 Å². The van der Waals surface area contributed by atoms with Crippen LogP contribution in [0.25, 0.3) is 0 Å². The Bertz CT molecular complexity index is 493. The van der Waals surface area contributed by atoms with Crippen LogP contribution in [0.2, 0.25) is 0 Å². The largest absolute Gasteiger partial charge is 0.486 e. The summed E-state index contributed by atoms with van der Waals surface area (Å²) in [6.45, 7) is 4.66. The maximum atomic E-state index is 5.63. The number of hydrogen-bond donors (Lipinski definition) is 0. The standard InChI is InChI=1S/C13H16BrN3O/c1-10(2)17-6-5-12(16-17)9-18-13-4-3-11(7-14)15-8-13/h3-6,8,10H,7,9H2,1-2H3. The van der Waals surface area contributed by atoms with Gasteiger partial charge in [-0.1, -0.05) is 15.9 Å². The molecule has 2 aromatic heterocycles. The SMILES string of the molecule is CC(C)n1ccc(COc2ccc(CBr)nc2)n1. The summed E-state index contributed by atoms with van der Waals surface area (Å²) in [4.78, 5) is 4.25. The minimum Gasteiger partial charge on any atom is -0.486 e. The lowest BCUT2D eigenvalue weighted by Gasteiger charge is -2.05. The number of halogens is 1. The molecule has 0 N–H and O–H groups in total. The van der Waals surface area contributed by atoms with Crippen LogP contribution in [-0.2, 0) is 11.9 Å². The van der Waals surface area contributed by atoms with Gasteiger partial charge in [-0.3, -0.25) is 9.67 Å². The van der Waals surface area contributed by atoms with Crippen LogP contribution in [0.3, 0.4) is 0 Å². The van der Waals surface area contributed by atoms with Crippen molar-refractivity contribution in [3.63, 3.8) is 0 Å². The fourth-order valence-electron chi connectivity index (χ4n) is 1.47. The van der Waals surface area contributed by atoms with Gasteiger partial charge >= 0.3 is 0 Å². The highest BCUT2D eigenvalue weighted by Gasteiger charge is 2.03. The molecule has 4 nitrogen and oxygen atoms in total. The average molecular weight is 310 g/mol. The van der Waals surface area contributed by atoms with Crippen LogP contribution < -0.4 is 4.74 Å². The maximum absolute atomic E-state index is 5.63. The quantitative estimate of drug-likeness (QED) is 0.795. The van der Waals surface area contributed by atoms with Crippen molar-refractivity contribution in [2.45, 2.75) is 31.8 Å². The van der Waals surface area contributed by atoms with Gasteiger partial charge in [0, 0.05) is 17.6 Å². The fraction of sp³-hybridized carbons (Fsp3) is 0.385. The second-order valence-corrected chi connectivity index (χ2v) is 4.85. The summed E-state index contributed by atoms with van der Waals surface area (Å²) in [5.74, 6) is 0.763.